The summed E-state index contributed by atoms with van der Waals surface area (Å²) in [6, 6.07) is 14.1. The number of hydrogen-bond acceptors (Lipinski definition) is 4. The third-order valence-electron chi connectivity index (χ3n) is 4.01. The Morgan fingerprint density at radius 1 is 1.15 bits per heavy atom. The molecule has 0 heterocycles. The predicted octanol–water partition coefficient (Wildman–Crippen LogP) is 4.17. The summed E-state index contributed by atoms with van der Waals surface area (Å²) in [6.07, 6.45) is 0. The second-order valence-electron chi connectivity index (χ2n) is 6.59. The average molecular weight is 391 g/mol. The molecule has 0 bridgehead atoms. The van der Waals surface area contributed by atoms with Gasteiger partial charge in [-0.2, -0.15) is 8.42 Å². The van der Waals surface area contributed by atoms with Crippen LogP contribution in [0.3, 0.4) is 0 Å². The van der Waals surface area contributed by atoms with Crippen LogP contribution in [0.1, 0.15) is 31.9 Å². The van der Waals surface area contributed by atoms with Gasteiger partial charge in [-0.25, -0.2) is 4.79 Å². The molecule has 0 saturated carbocycles. The van der Waals surface area contributed by atoms with Gasteiger partial charge in [-0.15, -0.1) is 0 Å². The number of amides is 2. The van der Waals surface area contributed by atoms with Crippen molar-refractivity contribution < 1.29 is 17.4 Å². The van der Waals surface area contributed by atoms with E-state index < -0.39 is 10.1 Å². The number of urea groups is 1. The molecule has 0 spiro atoms. The molecule has 0 saturated heterocycles. The van der Waals surface area contributed by atoms with Gasteiger partial charge in [0.2, 0.25) is 0 Å². The molecule has 2 rings (SSSR count). The molecule has 2 aromatic rings. The number of rotatable bonds is 7. The molecule has 6 nitrogen and oxygen atoms in total. The molecule has 27 heavy (non-hydrogen) atoms. The van der Waals surface area contributed by atoms with Gasteiger partial charge < -0.3 is 14.4 Å². The van der Waals surface area contributed by atoms with Crippen LogP contribution in [0, 0.1) is 6.92 Å². The van der Waals surface area contributed by atoms with Crippen molar-refractivity contribution in [2.45, 2.75) is 40.3 Å². The Labute approximate surface area is 161 Å². The van der Waals surface area contributed by atoms with E-state index in [1.165, 1.54) is 6.92 Å². The van der Waals surface area contributed by atoms with Crippen molar-refractivity contribution in [3.63, 3.8) is 0 Å². The first-order chi connectivity index (χ1) is 12.7. The summed E-state index contributed by atoms with van der Waals surface area (Å²) in [6.45, 7) is 7.79. The summed E-state index contributed by atoms with van der Waals surface area (Å²) >= 11 is 0. The van der Waals surface area contributed by atoms with Crippen LogP contribution >= 0.6 is 0 Å². The Balaban J connectivity index is 2.08. The zero-order valence-corrected chi connectivity index (χ0v) is 16.9. The van der Waals surface area contributed by atoms with E-state index in [0.717, 1.165) is 16.8 Å². The first kappa shape index (κ1) is 20.8. The third kappa shape index (κ3) is 6.29. The molecule has 0 aliphatic heterocycles. The lowest BCUT2D eigenvalue weighted by Crippen LogP contribution is -2.39. The van der Waals surface area contributed by atoms with Gasteiger partial charge >= 0.3 is 16.1 Å². The molecule has 0 fully saturated rings. The highest BCUT2D eigenvalue weighted by Gasteiger charge is 2.18. The fourth-order valence-corrected chi connectivity index (χ4v) is 2.98. The highest BCUT2D eigenvalue weighted by atomic mass is 32.2. The second kappa shape index (κ2) is 8.90. The maximum absolute atomic E-state index is 12.7. The quantitative estimate of drug-likeness (QED) is 0.720. The highest BCUT2D eigenvalue weighted by molar-refractivity contribution is 7.87. The van der Waals surface area contributed by atoms with E-state index in [1.54, 1.807) is 29.2 Å². The van der Waals surface area contributed by atoms with Gasteiger partial charge in [0, 0.05) is 18.3 Å². The van der Waals surface area contributed by atoms with Crippen LogP contribution < -0.4 is 9.50 Å². The van der Waals surface area contributed by atoms with Gasteiger partial charge in [0.05, 0.1) is 5.75 Å². The molecule has 146 valence electrons. The van der Waals surface area contributed by atoms with E-state index in [2.05, 4.69) is 5.32 Å². The maximum Gasteiger partial charge on any atom is 0.322 e. The van der Waals surface area contributed by atoms with E-state index >= 15 is 0 Å². The first-order valence-corrected chi connectivity index (χ1v) is 10.4. The SMILES string of the molecule is CCS(=O)(=O)Oc1ccc(CN(C(=O)Nc2cccc(C)c2)C(C)C)cc1. The van der Waals surface area contributed by atoms with Crippen molar-refractivity contribution in [3.05, 3.63) is 59.7 Å². The lowest BCUT2D eigenvalue weighted by atomic mass is 10.2. The van der Waals surface area contributed by atoms with Crippen LogP contribution in [0.2, 0.25) is 0 Å². The molecule has 0 aromatic heterocycles. The Kier molecular flexibility index (Phi) is 6.85. The average Bonchev–Trinajstić information content (AvgIpc) is 2.60. The van der Waals surface area contributed by atoms with E-state index in [4.69, 9.17) is 4.18 Å². The van der Waals surface area contributed by atoms with Gasteiger partial charge in [-0.05, 0) is 63.1 Å². The Hall–Kier alpha value is -2.54. The van der Waals surface area contributed by atoms with E-state index in [0.29, 0.717) is 6.54 Å². The summed E-state index contributed by atoms with van der Waals surface area (Å²) in [5.74, 6) is 0.176. The minimum absolute atomic E-state index is 0.00814. The first-order valence-electron chi connectivity index (χ1n) is 8.85. The number of anilines is 1. The molecule has 1 N–H and O–H groups in total. The van der Waals surface area contributed by atoms with E-state index in [-0.39, 0.29) is 23.6 Å². The molecule has 0 radical (unpaired) electrons. The largest absolute Gasteiger partial charge is 0.382 e. The molecular formula is C20H26N2O4S. The van der Waals surface area contributed by atoms with Crippen molar-refractivity contribution >= 4 is 21.8 Å². The lowest BCUT2D eigenvalue weighted by Gasteiger charge is -2.27. The normalized spacial score (nSPS) is 11.3. The molecule has 7 heteroatoms. The van der Waals surface area contributed by atoms with Crippen LogP contribution in [0.25, 0.3) is 0 Å². The van der Waals surface area contributed by atoms with Gasteiger partial charge in [0.25, 0.3) is 0 Å². The Bertz CT molecular complexity index is 877. The molecule has 0 unspecified atom stereocenters. The number of nitrogens with one attached hydrogen (secondary N) is 1. The van der Waals surface area contributed by atoms with Crippen LogP contribution in [0.15, 0.2) is 48.5 Å². The van der Waals surface area contributed by atoms with Crippen LogP contribution in [-0.4, -0.2) is 31.1 Å². The molecule has 2 aromatic carbocycles. The second-order valence-corrected chi connectivity index (χ2v) is 8.45. The summed E-state index contributed by atoms with van der Waals surface area (Å²) in [5.41, 5.74) is 2.70. The lowest BCUT2D eigenvalue weighted by molar-refractivity contribution is 0.193. The number of benzene rings is 2. The molecule has 0 aliphatic carbocycles. The minimum atomic E-state index is -3.55. The fraction of sp³-hybridized carbons (Fsp3) is 0.350. The minimum Gasteiger partial charge on any atom is -0.382 e. The van der Waals surface area contributed by atoms with Crippen molar-refractivity contribution in [2.75, 3.05) is 11.1 Å². The zero-order chi connectivity index (χ0) is 20.0. The van der Waals surface area contributed by atoms with E-state index in [1.807, 2.05) is 45.0 Å². The number of nitrogens with zero attached hydrogens (tertiary/aromatic N) is 1. The standard InChI is InChI=1S/C20H26N2O4S/c1-5-27(24,25)26-19-11-9-17(10-12-19)14-22(15(2)3)20(23)21-18-8-6-7-16(4)13-18/h6-13,15H,5,14H2,1-4H3,(H,21,23). The van der Waals surface area contributed by atoms with E-state index in [9.17, 15) is 13.2 Å². The highest BCUT2D eigenvalue weighted by Crippen LogP contribution is 2.18. The van der Waals surface area contributed by atoms with Gasteiger partial charge in [0.15, 0.2) is 0 Å². The molecule has 0 aliphatic rings. The Morgan fingerprint density at radius 3 is 2.37 bits per heavy atom. The molecular weight excluding hydrogens is 364 g/mol. The fourth-order valence-electron chi connectivity index (χ4n) is 2.46. The summed E-state index contributed by atoms with van der Waals surface area (Å²) in [7, 11) is -3.55. The van der Waals surface area contributed by atoms with Crippen LogP contribution in [0.5, 0.6) is 5.75 Å². The summed E-state index contributed by atoms with van der Waals surface area (Å²) in [4.78, 5) is 14.4. The van der Waals surface area contributed by atoms with Gasteiger partial charge in [-0.3, -0.25) is 0 Å². The predicted molar refractivity (Wildman–Crippen MR) is 107 cm³/mol. The van der Waals surface area contributed by atoms with Crippen LogP contribution in [0.4, 0.5) is 10.5 Å². The number of hydrogen-bond donors (Lipinski definition) is 1. The summed E-state index contributed by atoms with van der Waals surface area (Å²) in [5, 5.41) is 2.92. The van der Waals surface area contributed by atoms with Crippen molar-refractivity contribution in [3.8, 4) is 5.75 Å². The summed E-state index contributed by atoms with van der Waals surface area (Å²) < 4.78 is 28.0. The van der Waals surface area contributed by atoms with Crippen molar-refractivity contribution in [2.24, 2.45) is 0 Å². The number of carbonyl (C=O) groups excluding carboxylic acids is 1. The van der Waals surface area contributed by atoms with Crippen molar-refractivity contribution in [1.82, 2.24) is 4.90 Å². The van der Waals surface area contributed by atoms with Crippen LogP contribution in [-0.2, 0) is 16.7 Å². The number of carbonyl (C=O) groups is 1. The van der Waals surface area contributed by atoms with Gasteiger partial charge in [0.1, 0.15) is 5.75 Å². The molecule has 0 atom stereocenters. The molecule has 2 amide bonds. The van der Waals surface area contributed by atoms with Crippen molar-refractivity contribution in [1.29, 1.82) is 0 Å². The Morgan fingerprint density at radius 2 is 1.81 bits per heavy atom. The zero-order valence-electron chi connectivity index (χ0n) is 16.1. The topological polar surface area (TPSA) is 75.7 Å². The smallest absolute Gasteiger partial charge is 0.322 e. The monoisotopic (exact) mass is 390 g/mol. The third-order valence-corrected chi connectivity index (χ3v) is 5.16. The maximum atomic E-state index is 12.7. The number of aryl methyl sites for hydroxylation is 1. The van der Waals surface area contributed by atoms with Gasteiger partial charge in [-0.1, -0.05) is 24.3 Å².